The SMILES string of the molecule is CC(=O)OC(C)(C)/C=C/C(=O)[C@](C)(O)C1[C@H](O)C[C@@]2(C)[C@@H]3CC=C4[C@@H](C=C(O[C@H]5O[C@H](CO)[C@@H](O)[C@H](O)[C@H]5O)C(=O)C4(C)C)[C@]3(C)C(=O)C[C@]12C. The van der Waals surface area contributed by atoms with E-state index in [0.29, 0.717) is 12.0 Å². The molecule has 2 saturated carbocycles. The van der Waals surface area contributed by atoms with E-state index in [2.05, 4.69) is 0 Å². The minimum atomic E-state index is -2.09. The molecule has 0 bridgehead atoms. The number of ether oxygens (including phenoxy) is 3. The van der Waals surface area contributed by atoms with Crippen molar-refractivity contribution in [3.8, 4) is 0 Å². The fraction of sp³-hybridized carbons (Fsp3) is 0.737. The second kappa shape index (κ2) is 12.7. The number of Topliss-reactive ketones (excluding diaryl/α,β-unsaturated/α-hetero) is 2. The zero-order valence-corrected chi connectivity index (χ0v) is 30.9. The average Bonchev–Trinajstić information content (AvgIpc) is 3.22. The molecule has 284 valence electrons. The number of hydrogen-bond donors (Lipinski definition) is 6. The summed E-state index contributed by atoms with van der Waals surface area (Å²) < 4.78 is 16.7. The van der Waals surface area contributed by atoms with Crippen molar-refractivity contribution in [2.24, 2.45) is 39.4 Å². The van der Waals surface area contributed by atoms with Crippen molar-refractivity contribution >= 4 is 23.3 Å². The Labute approximate surface area is 298 Å². The summed E-state index contributed by atoms with van der Waals surface area (Å²) in [5, 5.41) is 64.6. The smallest absolute Gasteiger partial charge is 0.303 e. The van der Waals surface area contributed by atoms with Crippen LogP contribution in [0.15, 0.2) is 35.6 Å². The molecule has 1 heterocycles. The van der Waals surface area contributed by atoms with Crippen LogP contribution in [0, 0.1) is 39.4 Å². The summed E-state index contributed by atoms with van der Waals surface area (Å²) in [6.45, 7) is 14.2. The number of allylic oxidation sites excluding steroid dienone is 4. The third-order valence-electron chi connectivity index (χ3n) is 13.3. The highest BCUT2D eigenvalue weighted by molar-refractivity contribution is 6.02. The van der Waals surface area contributed by atoms with Crippen molar-refractivity contribution < 1.29 is 64.0 Å². The molecule has 6 N–H and O–H groups in total. The van der Waals surface area contributed by atoms with Gasteiger partial charge >= 0.3 is 5.97 Å². The van der Waals surface area contributed by atoms with Gasteiger partial charge in [0.25, 0.3) is 0 Å². The van der Waals surface area contributed by atoms with E-state index in [4.69, 9.17) is 14.2 Å². The Balaban J connectivity index is 1.52. The maximum absolute atomic E-state index is 14.8. The number of aliphatic hydroxyl groups excluding tert-OH is 5. The van der Waals surface area contributed by atoms with Crippen LogP contribution < -0.4 is 0 Å². The van der Waals surface area contributed by atoms with Crippen molar-refractivity contribution in [1.82, 2.24) is 0 Å². The van der Waals surface area contributed by atoms with Crippen LogP contribution in [0.5, 0.6) is 0 Å². The van der Waals surface area contributed by atoms with Crippen LogP contribution >= 0.6 is 0 Å². The fourth-order valence-electron chi connectivity index (χ4n) is 10.3. The van der Waals surface area contributed by atoms with Crippen molar-refractivity contribution in [2.75, 3.05) is 6.61 Å². The van der Waals surface area contributed by atoms with Gasteiger partial charge in [0.15, 0.2) is 11.5 Å². The van der Waals surface area contributed by atoms with E-state index < -0.39 is 112 Å². The lowest BCUT2D eigenvalue weighted by molar-refractivity contribution is -0.291. The van der Waals surface area contributed by atoms with Gasteiger partial charge in [0, 0.05) is 30.6 Å². The molecular formula is C38H54O13. The molecule has 0 aromatic carbocycles. The Morgan fingerprint density at radius 2 is 1.63 bits per heavy atom. The molecule has 1 unspecified atom stereocenters. The second-order valence-electron chi connectivity index (χ2n) is 17.2. The summed E-state index contributed by atoms with van der Waals surface area (Å²) >= 11 is 0. The molecule has 0 spiro atoms. The van der Waals surface area contributed by atoms with Gasteiger partial charge in [0.1, 0.15) is 41.4 Å². The zero-order valence-electron chi connectivity index (χ0n) is 30.9. The zero-order chi connectivity index (χ0) is 38.4. The van der Waals surface area contributed by atoms with Gasteiger partial charge in [-0.25, -0.2) is 0 Å². The van der Waals surface area contributed by atoms with E-state index in [1.54, 1.807) is 33.8 Å². The molecule has 0 aromatic heterocycles. The molecule has 1 saturated heterocycles. The van der Waals surface area contributed by atoms with Crippen LogP contribution in [0.4, 0.5) is 0 Å². The van der Waals surface area contributed by atoms with Gasteiger partial charge in [-0.1, -0.05) is 32.4 Å². The van der Waals surface area contributed by atoms with Crippen LogP contribution in [0.25, 0.3) is 0 Å². The third-order valence-corrected chi connectivity index (χ3v) is 13.3. The summed E-state index contributed by atoms with van der Waals surface area (Å²) in [4.78, 5) is 53.9. The summed E-state index contributed by atoms with van der Waals surface area (Å²) in [5.41, 5.74) is -6.62. The van der Waals surface area contributed by atoms with Gasteiger partial charge in [0.05, 0.1) is 18.1 Å². The number of carbonyl (C=O) groups is 4. The number of esters is 1. The van der Waals surface area contributed by atoms with Crippen molar-refractivity contribution in [3.63, 3.8) is 0 Å². The Kier molecular flexibility index (Phi) is 9.80. The Morgan fingerprint density at radius 3 is 2.22 bits per heavy atom. The number of ketones is 3. The van der Waals surface area contributed by atoms with Crippen LogP contribution in [-0.4, -0.2) is 109 Å². The first-order valence-electron chi connectivity index (χ1n) is 17.6. The van der Waals surface area contributed by atoms with Gasteiger partial charge in [0.2, 0.25) is 12.1 Å². The number of carbonyl (C=O) groups excluding carboxylic acids is 4. The molecule has 13 nitrogen and oxygen atoms in total. The molecule has 0 aromatic rings. The Hall–Kier alpha value is -2.78. The minimum absolute atomic E-state index is 0.0841. The molecule has 3 fully saturated rings. The summed E-state index contributed by atoms with van der Waals surface area (Å²) in [6.07, 6.45) is -2.57. The molecule has 13 atom stereocenters. The summed E-state index contributed by atoms with van der Waals surface area (Å²) in [7, 11) is 0. The molecule has 0 amide bonds. The number of aliphatic hydroxyl groups is 6. The Morgan fingerprint density at radius 1 is 1.00 bits per heavy atom. The first-order valence-corrected chi connectivity index (χ1v) is 17.6. The molecule has 4 aliphatic carbocycles. The standard InChI is InChI=1S/C38H54O13/c1-18(40)51-33(2,3)13-12-25(42)38(9,48)30-21(41)15-35(6)24-11-10-19-20(37(24,8)26(43)16-36(30,35)7)14-22(31(47)34(19,4)5)49-32-29(46)28(45)27(44)23(17-39)50-32/h10,12-14,20-21,23-24,27-30,32,39,41,44-46,48H,11,15-17H2,1-9H3/b13-12+/t20-,21-,23-,24+,27-,28+,29-,30?,32+,35+,36-,37+,38+/m1/s1. The normalized spacial score (nSPS) is 43.3. The molecule has 13 heteroatoms. The number of fused-ring (bicyclic) bond motifs is 5. The van der Waals surface area contributed by atoms with Crippen LogP contribution in [0.2, 0.25) is 0 Å². The van der Waals surface area contributed by atoms with Gasteiger partial charge in [-0.2, -0.15) is 0 Å². The fourth-order valence-corrected chi connectivity index (χ4v) is 10.3. The predicted octanol–water partition coefficient (Wildman–Crippen LogP) is 1.45. The lowest BCUT2D eigenvalue weighted by atomic mass is 9.39. The third kappa shape index (κ3) is 5.87. The summed E-state index contributed by atoms with van der Waals surface area (Å²) in [5.74, 6) is -4.17. The highest BCUT2D eigenvalue weighted by Gasteiger charge is 2.74. The number of hydrogen-bond acceptors (Lipinski definition) is 13. The van der Waals surface area contributed by atoms with Gasteiger partial charge < -0.3 is 44.8 Å². The first kappa shape index (κ1) is 39.4. The van der Waals surface area contributed by atoms with Gasteiger partial charge in [-0.05, 0) is 82.4 Å². The largest absolute Gasteiger partial charge is 0.459 e. The maximum atomic E-state index is 14.8. The van der Waals surface area contributed by atoms with E-state index in [0.717, 1.165) is 6.08 Å². The van der Waals surface area contributed by atoms with Crippen molar-refractivity contribution in [3.05, 3.63) is 35.6 Å². The van der Waals surface area contributed by atoms with Crippen molar-refractivity contribution in [2.45, 2.75) is 130 Å². The molecule has 0 radical (unpaired) electrons. The van der Waals surface area contributed by atoms with E-state index in [1.807, 2.05) is 26.8 Å². The lowest BCUT2D eigenvalue weighted by Gasteiger charge is -2.63. The predicted molar refractivity (Wildman–Crippen MR) is 180 cm³/mol. The first-order chi connectivity index (χ1) is 23.3. The molecule has 51 heavy (non-hydrogen) atoms. The minimum Gasteiger partial charge on any atom is -0.459 e. The monoisotopic (exact) mass is 718 g/mol. The number of rotatable bonds is 8. The van der Waals surface area contributed by atoms with E-state index in [9.17, 15) is 49.8 Å². The van der Waals surface area contributed by atoms with E-state index in [-0.39, 0.29) is 24.4 Å². The maximum Gasteiger partial charge on any atom is 0.303 e. The summed E-state index contributed by atoms with van der Waals surface area (Å²) in [6, 6.07) is 0. The van der Waals surface area contributed by atoms with E-state index >= 15 is 0 Å². The second-order valence-corrected chi connectivity index (χ2v) is 17.2. The van der Waals surface area contributed by atoms with Gasteiger partial charge in [-0.3, -0.25) is 19.2 Å². The van der Waals surface area contributed by atoms with E-state index in [1.165, 1.54) is 19.9 Å². The molecule has 5 aliphatic rings. The highest BCUT2D eigenvalue weighted by atomic mass is 16.7. The molecular weight excluding hydrogens is 664 g/mol. The van der Waals surface area contributed by atoms with Crippen LogP contribution in [0.3, 0.4) is 0 Å². The topological polar surface area (TPSA) is 217 Å². The van der Waals surface area contributed by atoms with Crippen LogP contribution in [0.1, 0.15) is 81.6 Å². The van der Waals surface area contributed by atoms with Crippen molar-refractivity contribution in [1.29, 1.82) is 0 Å². The quantitative estimate of drug-likeness (QED) is 0.119. The molecule has 5 rings (SSSR count). The average molecular weight is 719 g/mol. The Bertz CT molecular complexity index is 1570. The lowest BCUT2D eigenvalue weighted by Crippen LogP contribution is -2.64. The van der Waals surface area contributed by atoms with Gasteiger partial charge in [-0.15, -0.1) is 0 Å². The van der Waals surface area contributed by atoms with Crippen LogP contribution in [-0.2, 0) is 33.4 Å². The molecule has 1 aliphatic heterocycles. The highest BCUT2D eigenvalue weighted by Crippen LogP contribution is 2.73.